The van der Waals surface area contributed by atoms with Crippen molar-refractivity contribution in [3.63, 3.8) is 0 Å². The van der Waals surface area contributed by atoms with Gasteiger partial charge in [0.05, 0.1) is 18.4 Å². The minimum absolute atomic E-state index is 0.167. The molecule has 3 aromatic heterocycles. The molecule has 0 saturated heterocycles. The zero-order valence-electron chi connectivity index (χ0n) is 17.4. The zero-order chi connectivity index (χ0) is 21.7. The first kappa shape index (κ1) is 22.5. The van der Waals surface area contributed by atoms with Crippen LogP contribution < -0.4 is 5.32 Å². The van der Waals surface area contributed by atoms with Crippen LogP contribution in [-0.2, 0) is 22.5 Å². The quantitative estimate of drug-likeness (QED) is 0.359. The summed E-state index contributed by atoms with van der Waals surface area (Å²) in [6.07, 6.45) is 2.17. The highest BCUT2D eigenvalue weighted by Gasteiger charge is 2.19. The van der Waals surface area contributed by atoms with Crippen LogP contribution in [0.5, 0.6) is 0 Å². The summed E-state index contributed by atoms with van der Waals surface area (Å²) in [4.78, 5) is 26.6. The van der Waals surface area contributed by atoms with Crippen LogP contribution >= 0.6 is 34.4 Å². The Hall–Kier alpha value is -2.17. The Kier molecular flexibility index (Phi) is 7.68. The number of carbonyl (C=O) groups is 2. The van der Waals surface area contributed by atoms with Crippen molar-refractivity contribution in [3.05, 3.63) is 32.8 Å². The number of aromatic nitrogens is 3. The standard InChI is InChI=1S/C20H24N4O3S3/c1-5-7-14-9-13(10-28-14)17-22-23-20(24(17)6-2)29-11-16(25)21-18-15(19(26)27-4)8-12(3)30-18/h8-10H,5-7,11H2,1-4H3,(H,21,25). The maximum absolute atomic E-state index is 12.5. The smallest absolute Gasteiger partial charge is 0.340 e. The molecule has 0 aliphatic heterocycles. The number of thioether (sulfide) groups is 1. The van der Waals surface area contributed by atoms with Crippen molar-refractivity contribution in [1.29, 1.82) is 0 Å². The van der Waals surface area contributed by atoms with E-state index >= 15 is 0 Å². The highest BCUT2D eigenvalue weighted by molar-refractivity contribution is 7.99. The minimum Gasteiger partial charge on any atom is -0.465 e. The lowest BCUT2D eigenvalue weighted by Gasteiger charge is -2.07. The first-order valence-corrected chi connectivity index (χ1v) is 12.3. The molecule has 0 radical (unpaired) electrons. The molecule has 0 saturated carbocycles. The average Bonchev–Trinajstić information content (AvgIpc) is 3.44. The van der Waals surface area contributed by atoms with Gasteiger partial charge in [0.25, 0.3) is 0 Å². The number of esters is 1. The fourth-order valence-corrected chi connectivity index (χ4v) is 5.62. The molecule has 0 bridgehead atoms. The molecule has 3 heterocycles. The van der Waals surface area contributed by atoms with Gasteiger partial charge < -0.3 is 14.6 Å². The molecule has 0 spiro atoms. The number of nitrogens with zero attached hydrogens (tertiary/aromatic N) is 3. The van der Waals surface area contributed by atoms with Gasteiger partial charge in [0.1, 0.15) is 5.00 Å². The van der Waals surface area contributed by atoms with Crippen LogP contribution in [0.4, 0.5) is 5.00 Å². The summed E-state index contributed by atoms with van der Waals surface area (Å²) < 4.78 is 6.80. The van der Waals surface area contributed by atoms with Gasteiger partial charge in [-0.2, -0.15) is 0 Å². The number of aryl methyl sites for hydroxylation is 2. The van der Waals surface area contributed by atoms with E-state index in [4.69, 9.17) is 4.74 Å². The van der Waals surface area contributed by atoms with Gasteiger partial charge in [-0.25, -0.2) is 4.79 Å². The molecule has 0 aliphatic rings. The van der Waals surface area contributed by atoms with E-state index in [1.54, 1.807) is 17.4 Å². The molecule has 1 N–H and O–H groups in total. The highest BCUT2D eigenvalue weighted by Crippen LogP contribution is 2.30. The van der Waals surface area contributed by atoms with Crippen LogP contribution in [0.1, 0.15) is 40.4 Å². The number of ether oxygens (including phenoxy) is 1. The number of carbonyl (C=O) groups excluding carboxylic acids is 2. The number of anilines is 1. The lowest BCUT2D eigenvalue weighted by Crippen LogP contribution is -2.16. The topological polar surface area (TPSA) is 86.1 Å². The summed E-state index contributed by atoms with van der Waals surface area (Å²) >= 11 is 4.41. The third kappa shape index (κ3) is 5.11. The van der Waals surface area contributed by atoms with Gasteiger partial charge in [-0.05, 0) is 32.4 Å². The average molecular weight is 465 g/mol. The third-order valence-electron chi connectivity index (χ3n) is 4.29. The van der Waals surface area contributed by atoms with Crippen LogP contribution in [0.2, 0.25) is 0 Å². The van der Waals surface area contributed by atoms with Crippen molar-refractivity contribution in [3.8, 4) is 11.4 Å². The van der Waals surface area contributed by atoms with Crippen LogP contribution in [0.25, 0.3) is 11.4 Å². The number of amides is 1. The van der Waals surface area contributed by atoms with Crippen molar-refractivity contribution in [2.45, 2.75) is 45.3 Å². The molecule has 160 valence electrons. The van der Waals surface area contributed by atoms with Gasteiger partial charge in [-0.1, -0.05) is 25.1 Å². The second-order valence-electron chi connectivity index (χ2n) is 6.53. The van der Waals surface area contributed by atoms with Gasteiger partial charge in [0, 0.05) is 27.2 Å². The van der Waals surface area contributed by atoms with E-state index in [2.05, 4.69) is 33.9 Å². The highest BCUT2D eigenvalue weighted by atomic mass is 32.2. The summed E-state index contributed by atoms with van der Waals surface area (Å²) in [6, 6.07) is 3.88. The maximum Gasteiger partial charge on any atom is 0.340 e. The molecule has 0 aromatic carbocycles. The van der Waals surface area contributed by atoms with Crippen molar-refractivity contribution in [1.82, 2.24) is 14.8 Å². The van der Waals surface area contributed by atoms with Gasteiger partial charge >= 0.3 is 5.97 Å². The van der Waals surface area contributed by atoms with Crippen LogP contribution in [0.15, 0.2) is 22.7 Å². The molecular weight excluding hydrogens is 440 g/mol. The van der Waals surface area contributed by atoms with E-state index in [-0.39, 0.29) is 11.7 Å². The van der Waals surface area contributed by atoms with E-state index in [9.17, 15) is 9.59 Å². The summed E-state index contributed by atoms with van der Waals surface area (Å²) in [5.74, 6) is 0.317. The molecule has 3 aromatic rings. The molecule has 10 heteroatoms. The fraction of sp³-hybridized carbons (Fsp3) is 0.400. The fourth-order valence-electron chi connectivity index (χ4n) is 2.93. The molecular formula is C20H24N4O3S3. The van der Waals surface area contributed by atoms with Gasteiger partial charge in [0.15, 0.2) is 11.0 Å². The molecule has 7 nitrogen and oxygen atoms in total. The second-order valence-corrected chi connectivity index (χ2v) is 9.73. The van der Waals surface area contributed by atoms with Crippen molar-refractivity contribution in [2.24, 2.45) is 0 Å². The van der Waals surface area contributed by atoms with Crippen LogP contribution in [0.3, 0.4) is 0 Å². The Morgan fingerprint density at radius 2 is 2.07 bits per heavy atom. The molecule has 3 rings (SSSR count). The van der Waals surface area contributed by atoms with Crippen molar-refractivity contribution >= 4 is 51.3 Å². The van der Waals surface area contributed by atoms with Gasteiger partial charge in [-0.3, -0.25) is 4.79 Å². The Labute approximate surface area is 187 Å². The lowest BCUT2D eigenvalue weighted by molar-refractivity contribution is -0.113. The summed E-state index contributed by atoms with van der Waals surface area (Å²) in [6.45, 7) is 6.79. The molecule has 0 unspecified atom stereocenters. The predicted molar refractivity (Wildman–Crippen MR) is 123 cm³/mol. The normalized spacial score (nSPS) is 10.9. The van der Waals surface area contributed by atoms with E-state index in [1.807, 2.05) is 18.4 Å². The summed E-state index contributed by atoms with van der Waals surface area (Å²) in [5.41, 5.74) is 1.43. The van der Waals surface area contributed by atoms with Crippen molar-refractivity contribution < 1.29 is 14.3 Å². The second kappa shape index (κ2) is 10.2. The molecule has 0 atom stereocenters. The maximum atomic E-state index is 12.5. The largest absolute Gasteiger partial charge is 0.465 e. The number of methoxy groups -OCH3 is 1. The number of thiophene rings is 2. The Morgan fingerprint density at radius 3 is 2.77 bits per heavy atom. The predicted octanol–water partition coefficient (Wildman–Crippen LogP) is 4.87. The third-order valence-corrected chi connectivity index (χ3v) is 7.22. The van der Waals surface area contributed by atoms with Gasteiger partial charge in [-0.15, -0.1) is 32.9 Å². The van der Waals surface area contributed by atoms with E-state index < -0.39 is 5.97 Å². The number of nitrogens with one attached hydrogen (secondary N) is 1. The number of rotatable bonds is 9. The number of hydrogen-bond donors (Lipinski definition) is 1. The van der Waals surface area contributed by atoms with Crippen LogP contribution in [-0.4, -0.2) is 39.5 Å². The van der Waals surface area contributed by atoms with E-state index in [0.717, 1.165) is 29.1 Å². The minimum atomic E-state index is -0.462. The summed E-state index contributed by atoms with van der Waals surface area (Å²) in [5, 5.41) is 14.8. The summed E-state index contributed by atoms with van der Waals surface area (Å²) in [7, 11) is 1.32. The SMILES string of the molecule is CCCc1cc(-c2nnc(SCC(=O)Nc3sc(C)cc3C(=O)OC)n2CC)cs1. The first-order valence-electron chi connectivity index (χ1n) is 9.59. The van der Waals surface area contributed by atoms with Crippen LogP contribution in [0, 0.1) is 6.92 Å². The Bertz CT molecular complexity index is 1040. The van der Waals surface area contributed by atoms with E-state index in [0.29, 0.717) is 22.3 Å². The first-order chi connectivity index (χ1) is 14.5. The zero-order valence-corrected chi connectivity index (χ0v) is 19.8. The Balaban J connectivity index is 1.68. The van der Waals surface area contributed by atoms with E-state index in [1.165, 1.54) is 35.1 Å². The Morgan fingerprint density at radius 1 is 1.27 bits per heavy atom. The lowest BCUT2D eigenvalue weighted by atomic mass is 10.2. The molecule has 1 amide bonds. The van der Waals surface area contributed by atoms with Gasteiger partial charge in [0.2, 0.25) is 5.91 Å². The molecule has 0 fully saturated rings. The van der Waals surface area contributed by atoms with Crippen molar-refractivity contribution in [2.75, 3.05) is 18.2 Å². The molecule has 0 aliphatic carbocycles. The number of hydrogen-bond acceptors (Lipinski definition) is 8. The monoisotopic (exact) mass is 464 g/mol. The molecule has 30 heavy (non-hydrogen) atoms.